The van der Waals surface area contributed by atoms with Gasteiger partial charge >= 0.3 is 0 Å². The molecule has 2 aromatic carbocycles. The zero-order chi connectivity index (χ0) is 15.5. The minimum absolute atomic E-state index is 0.0670. The third-order valence-corrected chi connectivity index (χ3v) is 4.19. The Morgan fingerprint density at radius 1 is 1.09 bits per heavy atom. The molecule has 0 aliphatic rings. The van der Waals surface area contributed by atoms with Crippen LogP contribution in [0.25, 0.3) is 10.6 Å². The standard InChI is InChI=1S/C15H9Cl2N3OS/c16-11-6-10(13(21)12(17)7-11)8-18-15-20-19-14(22-15)9-4-2-1-3-5-9/h1-8,21H/b18-8+. The second kappa shape index (κ2) is 6.44. The summed E-state index contributed by atoms with van der Waals surface area (Å²) in [6.07, 6.45) is 1.46. The van der Waals surface area contributed by atoms with Crippen molar-refractivity contribution in [3.05, 3.63) is 58.1 Å². The summed E-state index contributed by atoms with van der Waals surface area (Å²) in [7, 11) is 0. The Kier molecular flexibility index (Phi) is 4.38. The molecule has 0 saturated heterocycles. The van der Waals surface area contributed by atoms with E-state index in [4.69, 9.17) is 23.2 Å². The fraction of sp³-hybridized carbons (Fsp3) is 0. The molecule has 110 valence electrons. The van der Waals surface area contributed by atoms with Crippen molar-refractivity contribution < 1.29 is 5.11 Å². The number of halogens is 2. The Balaban J connectivity index is 1.87. The molecule has 1 heterocycles. The van der Waals surface area contributed by atoms with Gasteiger partial charge in [0.2, 0.25) is 5.13 Å². The van der Waals surface area contributed by atoms with Gasteiger partial charge in [-0.15, -0.1) is 10.2 Å². The summed E-state index contributed by atoms with van der Waals surface area (Å²) >= 11 is 13.1. The fourth-order valence-electron chi connectivity index (χ4n) is 1.77. The van der Waals surface area contributed by atoms with Gasteiger partial charge in [-0.1, -0.05) is 64.9 Å². The zero-order valence-corrected chi connectivity index (χ0v) is 13.4. The van der Waals surface area contributed by atoms with Crippen molar-refractivity contribution in [3.8, 4) is 16.3 Å². The summed E-state index contributed by atoms with van der Waals surface area (Å²) in [4.78, 5) is 4.21. The van der Waals surface area contributed by atoms with Crippen molar-refractivity contribution in [2.75, 3.05) is 0 Å². The van der Waals surface area contributed by atoms with Gasteiger partial charge in [0, 0.05) is 22.4 Å². The molecule has 0 unspecified atom stereocenters. The van der Waals surface area contributed by atoms with Gasteiger partial charge in [-0.25, -0.2) is 4.99 Å². The van der Waals surface area contributed by atoms with Crippen LogP contribution in [0.2, 0.25) is 10.0 Å². The van der Waals surface area contributed by atoms with Gasteiger partial charge in [0.05, 0.1) is 5.02 Å². The van der Waals surface area contributed by atoms with Gasteiger partial charge in [-0.3, -0.25) is 0 Å². The van der Waals surface area contributed by atoms with E-state index in [1.807, 2.05) is 30.3 Å². The van der Waals surface area contributed by atoms with E-state index < -0.39 is 0 Å². The number of aromatic nitrogens is 2. The van der Waals surface area contributed by atoms with Crippen LogP contribution in [0, 0.1) is 0 Å². The highest BCUT2D eigenvalue weighted by Crippen LogP contribution is 2.31. The lowest BCUT2D eigenvalue weighted by atomic mass is 10.2. The molecule has 0 spiro atoms. The van der Waals surface area contributed by atoms with Crippen molar-refractivity contribution in [1.29, 1.82) is 0 Å². The first-order valence-electron chi connectivity index (χ1n) is 6.24. The Morgan fingerprint density at radius 3 is 2.64 bits per heavy atom. The number of nitrogens with zero attached hydrogens (tertiary/aromatic N) is 3. The molecule has 0 aliphatic carbocycles. The summed E-state index contributed by atoms with van der Waals surface area (Å²) in [5.74, 6) is -0.0670. The number of aromatic hydroxyl groups is 1. The van der Waals surface area contributed by atoms with Crippen molar-refractivity contribution in [2.24, 2.45) is 4.99 Å². The van der Waals surface area contributed by atoms with Crippen LogP contribution in [0.4, 0.5) is 5.13 Å². The van der Waals surface area contributed by atoms with Crippen molar-refractivity contribution in [3.63, 3.8) is 0 Å². The van der Waals surface area contributed by atoms with E-state index in [-0.39, 0.29) is 10.8 Å². The molecule has 0 saturated carbocycles. The summed E-state index contributed by atoms with van der Waals surface area (Å²) in [5, 5.41) is 19.8. The Hall–Kier alpha value is -1.95. The van der Waals surface area contributed by atoms with Crippen LogP contribution in [0.3, 0.4) is 0 Å². The van der Waals surface area contributed by atoms with Gasteiger partial charge in [-0.2, -0.15) is 0 Å². The van der Waals surface area contributed by atoms with Gasteiger partial charge < -0.3 is 5.11 Å². The Bertz CT molecular complexity index is 834. The van der Waals surface area contributed by atoms with Crippen LogP contribution in [-0.2, 0) is 0 Å². The zero-order valence-electron chi connectivity index (χ0n) is 11.1. The predicted molar refractivity (Wildman–Crippen MR) is 90.7 cm³/mol. The number of phenolic OH excluding ortho intramolecular Hbond substituents is 1. The molecule has 1 N–H and O–H groups in total. The minimum atomic E-state index is -0.0670. The molecule has 3 aromatic rings. The lowest BCUT2D eigenvalue weighted by Crippen LogP contribution is -1.83. The molecule has 0 bridgehead atoms. The molecule has 0 fully saturated rings. The summed E-state index contributed by atoms with van der Waals surface area (Å²) < 4.78 is 0. The summed E-state index contributed by atoms with van der Waals surface area (Å²) in [6.45, 7) is 0. The smallest absolute Gasteiger partial charge is 0.231 e. The monoisotopic (exact) mass is 349 g/mol. The molecule has 0 atom stereocenters. The van der Waals surface area contributed by atoms with E-state index in [1.54, 1.807) is 6.07 Å². The van der Waals surface area contributed by atoms with Crippen LogP contribution in [0.5, 0.6) is 5.75 Å². The maximum absolute atomic E-state index is 9.87. The van der Waals surface area contributed by atoms with Crippen molar-refractivity contribution in [2.45, 2.75) is 0 Å². The largest absolute Gasteiger partial charge is 0.506 e. The first kappa shape index (κ1) is 15.0. The fourth-order valence-corrected chi connectivity index (χ4v) is 2.98. The molecule has 3 rings (SSSR count). The van der Waals surface area contributed by atoms with Crippen LogP contribution in [-0.4, -0.2) is 21.5 Å². The van der Waals surface area contributed by atoms with Crippen LogP contribution < -0.4 is 0 Å². The lowest BCUT2D eigenvalue weighted by molar-refractivity contribution is 0.475. The van der Waals surface area contributed by atoms with E-state index in [2.05, 4.69) is 15.2 Å². The second-order valence-electron chi connectivity index (χ2n) is 4.34. The van der Waals surface area contributed by atoms with Crippen LogP contribution >= 0.6 is 34.5 Å². The molecular formula is C15H9Cl2N3OS. The van der Waals surface area contributed by atoms with Gasteiger partial charge in [0.1, 0.15) is 10.8 Å². The molecule has 0 amide bonds. The third-order valence-electron chi connectivity index (χ3n) is 2.81. The van der Waals surface area contributed by atoms with E-state index >= 15 is 0 Å². The molecular weight excluding hydrogens is 341 g/mol. The topological polar surface area (TPSA) is 58.4 Å². The lowest BCUT2D eigenvalue weighted by Gasteiger charge is -2.01. The highest BCUT2D eigenvalue weighted by atomic mass is 35.5. The average molecular weight is 350 g/mol. The first-order chi connectivity index (χ1) is 10.6. The maximum Gasteiger partial charge on any atom is 0.231 e. The molecule has 0 aliphatic heterocycles. The molecule has 1 aromatic heterocycles. The third kappa shape index (κ3) is 3.27. The Labute approximate surface area is 140 Å². The highest BCUT2D eigenvalue weighted by Gasteiger charge is 2.08. The van der Waals surface area contributed by atoms with E-state index in [9.17, 15) is 5.11 Å². The number of rotatable bonds is 3. The van der Waals surface area contributed by atoms with Gasteiger partial charge in [0.25, 0.3) is 0 Å². The number of hydrogen-bond acceptors (Lipinski definition) is 5. The van der Waals surface area contributed by atoms with Crippen molar-refractivity contribution >= 4 is 45.9 Å². The molecule has 22 heavy (non-hydrogen) atoms. The average Bonchev–Trinajstić information content (AvgIpc) is 2.99. The van der Waals surface area contributed by atoms with Crippen LogP contribution in [0.1, 0.15) is 5.56 Å². The van der Waals surface area contributed by atoms with Gasteiger partial charge in [-0.05, 0) is 12.1 Å². The van der Waals surface area contributed by atoms with E-state index in [1.165, 1.54) is 23.6 Å². The van der Waals surface area contributed by atoms with Crippen molar-refractivity contribution in [1.82, 2.24) is 10.2 Å². The number of hydrogen-bond donors (Lipinski definition) is 1. The SMILES string of the molecule is Oc1c(Cl)cc(Cl)cc1/C=N/c1nnc(-c2ccccc2)s1. The number of phenols is 1. The number of aliphatic imine (C=N–C) groups is 1. The molecule has 0 radical (unpaired) electrons. The number of benzene rings is 2. The van der Waals surface area contributed by atoms with Gasteiger partial charge in [0.15, 0.2) is 0 Å². The quantitative estimate of drug-likeness (QED) is 0.679. The predicted octanol–water partition coefficient (Wildman–Crippen LogP) is 4.97. The second-order valence-corrected chi connectivity index (χ2v) is 6.14. The molecule has 7 heteroatoms. The summed E-state index contributed by atoms with van der Waals surface area (Å²) in [5.41, 5.74) is 1.41. The first-order valence-corrected chi connectivity index (χ1v) is 7.82. The van der Waals surface area contributed by atoms with E-state index in [0.717, 1.165) is 10.6 Å². The Morgan fingerprint density at radius 2 is 1.86 bits per heavy atom. The minimum Gasteiger partial charge on any atom is -0.506 e. The van der Waals surface area contributed by atoms with Crippen LogP contribution in [0.15, 0.2) is 47.5 Å². The molecule has 4 nitrogen and oxygen atoms in total. The maximum atomic E-state index is 9.87. The highest BCUT2D eigenvalue weighted by molar-refractivity contribution is 7.18. The normalized spacial score (nSPS) is 11.2. The summed E-state index contributed by atoms with van der Waals surface area (Å²) in [6, 6.07) is 12.8. The van der Waals surface area contributed by atoms with E-state index in [0.29, 0.717) is 15.7 Å².